The molecule has 0 unspecified atom stereocenters. The maximum Gasteiger partial charge on any atom is 0.319 e. The van der Waals surface area contributed by atoms with Crippen molar-refractivity contribution in [2.45, 2.75) is 32.7 Å². The highest BCUT2D eigenvalue weighted by atomic mass is 16.5. The van der Waals surface area contributed by atoms with E-state index in [1.165, 1.54) is 7.11 Å². The molecule has 1 heterocycles. The van der Waals surface area contributed by atoms with Crippen molar-refractivity contribution in [1.29, 1.82) is 0 Å². The Labute approximate surface area is 152 Å². The molecule has 26 heavy (non-hydrogen) atoms. The Balaban J connectivity index is 1.87. The number of H-pyrrole nitrogens is 1. The number of benzene rings is 1. The summed E-state index contributed by atoms with van der Waals surface area (Å²) in [6.07, 6.45) is 0. The van der Waals surface area contributed by atoms with Gasteiger partial charge in [0.05, 0.1) is 17.9 Å². The molecule has 0 aliphatic rings. The van der Waals surface area contributed by atoms with Gasteiger partial charge >= 0.3 is 6.03 Å². The zero-order valence-electron chi connectivity index (χ0n) is 15.5. The van der Waals surface area contributed by atoms with Crippen LogP contribution in [-0.4, -0.2) is 35.9 Å². The first-order valence-electron chi connectivity index (χ1n) is 8.26. The van der Waals surface area contributed by atoms with Gasteiger partial charge in [-0.15, -0.1) is 0 Å². The normalized spacial score (nSPS) is 11.1. The van der Waals surface area contributed by atoms with E-state index >= 15 is 0 Å². The second-order valence-corrected chi connectivity index (χ2v) is 6.90. The van der Waals surface area contributed by atoms with Gasteiger partial charge < -0.3 is 20.7 Å². The fourth-order valence-electron chi connectivity index (χ4n) is 2.19. The molecule has 2 aromatic rings. The Morgan fingerprint density at radius 2 is 1.85 bits per heavy atom. The summed E-state index contributed by atoms with van der Waals surface area (Å²) < 4.78 is 4.77. The predicted molar refractivity (Wildman–Crippen MR) is 100 cm³/mol. The van der Waals surface area contributed by atoms with Gasteiger partial charge in [0, 0.05) is 23.9 Å². The van der Waals surface area contributed by atoms with Crippen molar-refractivity contribution >= 4 is 23.3 Å². The number of amides is 3. The molecule has 1 aromatic carbocycles. The lowest BCUT2D eigenvalue weighted by atomic mass is 9.92. The number of nitrogens with one attached hydrogen (secondary N) is 4. The molecule has 0 saturated heterocycles. The third kappa shape index (κ3) is 5.89. The number of urea groups is 1. The first-order valence-corrected chi connectivity index (χ1v) is 8.26. The molecule has 1 aromatic heterocycles. The van der Waals surface area contributed by atoms with Crippen LogP contribution in [0.25, 0.3) is 0 Å². The molecule has 0 fully saturated rings. The van der Waals surface area contributed by atoms with E-state index in [1.807, 2.05) is 6.07 Å². The number of carbonyl (C=O) groups is 2. The third-order valence-electron chi connectivity index (χ3n) is 3.52. The van der Waals surface area contributed by atoms with Gasteiger partial charge in [0.2, 0.25) is 5.91 Å². The summed E-state index contributed by atoms with van der Waals surface area (Å²) in [7, 11) is 1.45. The number of rotatable bonds is 6. The summed E-state index contributed by atoms with van der Waals surface area (Å²) in [6, 6.07) is 8.46. The number of hydrogen-bond donors (Lipinski definition) is 4. The Kier molecular flexibility index (Phi) is 6.35. The zero-order valence-corrected chi connectivity index (χ0v) is 15.5. The summed E-state index contributed by atoms with van der Waals surface area (Å²) >= 11 is 0. The minimum absolute atomic E-state index is 0.0289. The van der Waals surface area contributed by atoms with Gasteiger partial charge in [-0.1, -0.05) is 26.8 Å². The van der Waals surface area contributed by atoms with Gasteiger partial charge in [0.25, 0.3) is 0 Å². The van der Waals surface area contributed by atoms with E-state index in [2.05, 4.69) is 46.9 Å². The van der Waals surface area contributed by atoms with Crippen LogP contribution in [0.1, 0.15) is 32.2 Å². The lowest BCUT2D eigenvalue weighted by Crippen LogP contribution is -2.28. The van der Waals surface area contributed by atoms with Crippen LogP contribution < -0.4 is 16.0 Å². The number of carbonyl (C=O) groups excluding carboxylic acids is 2. The zero-order chi connectivity index (χ0) is 19.2. The van der Waals surface area contributed by atoms with E-state index in [9.17, 15) is 9.59 Å². The Bertz CT molecular complexity index is 764. The van der Waals surface area contributed by atoms with Crippen molar-refractivity contribution in [3.05, 3.63) is 41.7 Å². The van der Waals surface area contributed by atoms with E-state index in [1.54, 1.807) is 24.3 Å². The van der Waals surface area contributed by atoms with Gasteiger partial charge in [0.15, 0.2) is 0 Å². The molecular weight excluding hydrogens is 334 g/mol. The highest BCUT2D eigenvalue weighted by molar-refractivity contribution is 5.94. The molecule has 0 aliphatic carbocycles. The molecule has 0 aliphatic heterocycles. The standard InChI is InChI=1S/C18H25N5O3/c1-18(2,3)15-9-14(22-23-15)10-19-17(25)21-13-7-5-6-12(8-13)20-16(24)11-26-4/h5-9H,10-11H2,1-4H3,(H,20,24)(H,22,23)(H2,19,21,25). The molecule has 4 N–H and O–H groups in total. The second kappa shape index (κ2) is 8.48. The molecule has 2 rings (SSSR count). The van der Waals surface area contributed by atoms with E-state index in [0.29, 0.717) is 17.9 Å². The van der Waals surface area contributed by atoms with E-state index in [-0.39, 0.29) is 24.0 Å². The van der Waals surface area contributed by atoms with Crippen molar-refractivity contribution < 1.29 is 14.3 Å². The summed E-state index contributed by atoms with van der Waals surface area (Å²) in [6.45, 7) is 6.53. The molecule has 0 radical (unpaired) electrons. The molecule has 0 spiro atoms. The van der Waals surface area contributed by atoms with Gasteiger partial charge in [-0.05, 0) is 24.3 Å². The topological polar surface area (TPSA) is 108 Å². The molecule has 8 heteroatoms. The second-order valence-electron chi connectivity index (χ2n) is 6.90. The number of anilines is 2. The number of hydrogen-bond acceptors (Lipinski definition) is 4. The molecule has 3 amide bonds. The van der Waals surface area contributed by atoms with E-state index in [4.69, 9.17) is 4.74 Å². The Morgan fingerprint density at radius 1 is 1.15 bits per heavy atom. The number of methoxy groups -OCH3 is 1. The quantitative estimate of drug-likeness (QED) is 0.636. The van der Waals surface area contributed by atoms with Crippen LogP contribution in [0.4, 0.5) is 16.2 Å². The number of nitrogens with zero attached hydrogens (tertiary/aromatic N) is 1. The molecule has 0 saturated carbocycles. The highest BCUT2D eigenvalue weighted by Crippen LogP contribution is 2.20. The average molecular weight is 359 g/mol. The number of ether oxygens (including phenoxy) is 1. The molecule has 8 nitrogen and oxygen atoms in total. The summed E-state index contributed by atoms with van der Waals surface area (Å²) in [5.41, 5.74) is 2.86. The fraction of sp³-hybridized carbons (Fsp3) is 0.389. The third-order valence-corrected chi connectivity index (χ3v) is 3.52. The van der Waals surface area contributed by atoms with Crippen molar-refractivity contribution in [2.75, 3.05) is 24.4 Å². The van der Waals surface area contributed by atoms with Crippen LogP contribution in [0.3, 0.4) is 0 Å². The average Bonchev–Trinajstić information content (AvgIpc) is 3.03. The smallest absolute Gasteiger partial charge is 0.319 e. The number of aromatic nitrogens is 2. The summed E-state index contributed by atoms with van der Waals surface area (Å²) in [4.78, 5) is 23.6. The van der Waals surface area contributed by atoms with Crippen LogP contribution in [0.5, 0.6) is 0 Å². The highest BCUT2D eigenvalue weighted by Gasteiger charge is 2.17. The van der Waals surface area contributed by atoms with Crippen LogP contribution in [0, 0.1) is 0 Å². The Hall–Kier alpha value is -2.87. The minimum Gasteiger partial charge on any atom is -0.375 e. The summed E-state index contributed by atoms with van der Waals surface area (Å²) in [5.74, 6) is -0.261. The predicted octanol–water partition coefficient (Wildman–Crippen LogP) is 2.61. The first-order chi connectivity index (χ1) is 12.3. The Morgan fingerprint density at radius 3 is 2.46 bits per heavy atom. The van der Waals surface area contributed by atoms with E-state index in [0.717, 1.165) is 11.4 Å². The van der Waals surface area contributed by atoms with Crippen LogP contribution >= 0.6 is 0 Å². The van der Waals surface area contributed by atoms with Gasteiger partial charge in [-0.25, -0.2) is 4.79 Å². The van der Waals surface area contributed by atoms with Gasteiger partial charge in [0.1, 0.15) is 6.61 Å². The van der Waals surface area contributed by atoms with Gasteiger partial charge in [-0.3, -0.25) is 9.89 Å². The molecule has 140 valence electrons. The van der Waals surface area contributed by atoms with Crippen LogP contribution in [0.15, 0.2) is 30.3 Å². The fourth-order valence-corrected chi connectivity index (χ4v) is 2.19. The van der Waals surface area contributed by atoms with Crippen molar-refractivity contribution in [1.82, 2.24) is 15.5 Å². The lowest BCUT2D eigenvalue weighted by molar-refractivity contribution is -0.119. The van der Waals surface area contributed by atoms with Gasteiger partial charge in [-0.2, -0.15) is 5.10 Å². The molecule has 0 bridgehead atoms. The molecular formula is C18H25N5O3. The largest absolute Gasteiger partial charge is 0.375 e. The molecule has 0 atom stereocenters. The lowest BCUT2D eigenvalue weighted by Gasteiger charge is -2.13. The maximum absolute atomic E-state index is 12.1. The first kappa shape index (κ1) is 19.5. The van der Waals surface area contributed by atoms with Crippen molar-refractivity contribution in [3.63, 3.8) is 0 Å². The number of aromatic amines is 1. The monoisotopic (exact) mass is 359 g/mol. The SMILES string of the molecule is COCC(=O)Nc1cccc(NC(=O)NCc2cc(C(C)(C)C)n[nH]2)c1. The minimum atomic E-state index is -0.350. The summed E-state index contributed by atoms with van der Waals surface area (Å²) in [5, 5.41) is 15.4. The maximum atomic E-state index is 12.1. The van der Waals surface area contributed by atoms with Crippen LogP contribution in [-0.2, 0) is 21.5 Å². The van der Waals surface area contributed by atoms with Crippen LogP contribution in [0.2, 0.25) is 0 Å². The van der Waals surface area contributed by atoms with Crippen molar-refractivity contribution in [2.24, 2.45) is 0 Å². The van der Waals surface area contributed by atoms with Crippen molar-refractivity contribution in [3.8, 4) is 0 Å². The van der Waals surface area contributed by atoms with E-state index < -0.39 is 0 Å².